The Kier molecular flexibility index (Phi) is 10.4. The number of halogens is 5. The number of aliphatic hydroxyl groups excluding tert-OH is 1. The number of carbonyl (C=O) groups excluding carboxylic acids is 2. The average molecular weight is 586 g/mol. The molecule has 2 fully saturated rings. The fourth-order valence-corrected chi connectivity index (χ4v) is 5.50. The summed E-state index contributed by atoms with van der Waals surface area (Å²) in [5.41, 5.74) is 6.90. The minimum absolute atomic E-state index is 0.174. The van der Waals surface area contributed by atoms with Gasteiger partial charge in [-0.2, -0.15) is 13.2 Å². The molecule has 2 aromatic rings. The van der Waals surface area contributed by atoms with E-state index in [0.717, 1.165) is 31.2 Å². The second-order valence-corrected chi connectivity index (χ2v) is 10.2. The van der Waals surface area contributed by atoms with E-state index >= 15 is 0 Å². The van der Waals surface area contributed by atoms with Crippen LogP contribution in [0, 0.1) is 11.6 Å². The highest BCUT2D eigenvalue weighted by molar-refractivity contribution is 5.92. The van der Waals surface area contributed by atoms with Gasteiger partial charge in [-0.05, 0) is 68.4 Å². The highest BCUT2D eigenvalue weighted by Crippen LogP contribution is 2.43. The molecule has 4 N–H and O–H groups in total. The lowest BCUT2D eigenvalue weighted by molar-refractivity contribution is -0.192. The molecule has 2 aliphatic rings. The Balaban J connectivity index is 0.000000587. The third-order valence-electron chi connectivity index (χ3n) is 7.48. The molecule has 2 unspecified atom stereocenters. The van der Waals surface area contributed by atoms with Gasteiger partial charge in [-0.1, -0.05) is 18.2 Å². The molecule has 2 aromatic carbocycles. The van der Waals surface area contributed by atoms with E-state index in [2.05, 4.69) is 4.90 Å². The number of piperidine rings is 1. The summed E-state index contributed by atoms with van der Waals surface area (Å²) in [7, 11) is 0. The Labute approximate surface area is 233 Å². The lowest BCUT2D eigenvalue weighted by Gasteiger charge is -2.40. The topological polar surface area (TPSA) is 124 Å². The van der Waals surface area contributed by atoms with Crippen molar-refractivity contribution in [2.45, 2.75) is 69.4 Å². The molecule has 2 bridgehead atoms. The van der Waals surface area contributed by atoms with Crippen LogP contribution in [0.5, 0.6) is 0 Å². The van der Waals surface area contributed by atoms with E-state index in [1.165, 1.54) is 30.0 Å². The van der Waals surface area contributed by atoms with Crippen LogP contribution in [0.4, 0.5) is 22.0 Å². The number of carboxylic acid groups (broad SMARTS) is 1. The molecule has 8 nitrogen and oxygen atoms in total. The Morgan fingerprint density at radius 3 is 2.07 bits per heavy atom. The molecule has 41 heavy (non-hydrogen) atoms. The maximum atomic E-state index is 14.2. The van der Waals surface area contributed by atoms with Crippen molar-refractivity contribution in [3.63, 3.8) is 0 Å². The summed E-state index contributed by atoms with van der Waals surface area (Å²) in [6, 6.07) is 11.8. The van der Waals surface area contributed by atoms with Crippen molar-refractivity contribution in [2.24, 2.45) is 5.73 Å². The summed E-state index contributed by atoms with van der Waals surface area (Å²) in [4.78, 5) is 36.8. The monoisotopic (exact) mass is 585 g/mol. The quantitative estimate of drug-likeness (QED) is 0.405. The van der Waals surface area contributed by atoms with Crippen LogP contribution >= 0.6 is 0 Å². The molecule has 2 aliphatic heterocycles. The van der Waals surface area contributed by atoms with Crippen LogP contribution in [-0.4, -0.2) is 75.2 Å². The van der Waals surface area contributed by atoms with E-state index in [-0.39, 0.29) is 18.7 Å². The van der Waals surface area contributed by atoms with Crippen LogP contribution in [0.15, 0.2) is 42.5 Å². The van der Waals surface area contributed by atoms with Crippen LogP contribution in [0.2, 0.25) is 0 Å². The second-order valence-electron chi connectivity index (χ2n) is 10.2. The molecule has 3 atom stereocenters. The maximum Gasteiger partial charge on any atom is 0.490 e. The Morgan fingerprint density at radius 2 is 1.59 bits per heavy atom. The average Bonchev–Trinajstić information content (AvgIpc) is 3.13. The molecule has 0 spiro atoms. The lowest BCUT2D eigenvalue weighted by atomic mass is 9.84. The standard InChI is InChI=1S/C26H31F2N3O3.C2HF3O2/c1-16(32)26(34)30(15-22-23(27)6-3-7-24(22)28)10-11-31-20-8-9-21(31)14-19(13-20)17-4-2-5-18(12-17)25(29)33;3-2(4,5)1(6)7/h2-7,12,16,19-21,32H,8-11,13-15H2,1H3,(H2,29,33);(H,6,7)/t16-,19?,20?,21?;/m0./s1. The third kappa shape index (κ3) is 8.23. The predicted octanol–water partition coefficient (Wildman–Crippen LogP) is 3.82. The van der Waals surface area contributed by atoms with Gasteiger partial charge in [-0.3, -0.25) is 14.5 Å². The Morgan fingerprint density at radius 1 is 1.05 bits per heavy atom. The molecule has 2 amide bonds. The molecule has 0 radical (unpaired) electrons. The first-order valence-corrected chi connectivity index (χ1v) is 13.0. The van der Waals surface area contributed by atoms with E-state index in [1.807, 2.05) is 18.2 Å². The lowest BCUT2D eigenvalue weighted by Crippen LogP contribution is -2.48. The highest BCUT2D eigenvalue weighted by atomic mass is 19.4. The van der Waals surface area contributed by atoms with Crippen LogP contribution in [0.3, 0.4) is 0 Å². The third-order valence-corrected chi connectivity index (χ3v) is 7.48. The first-order chi connectivity index (χ1) is 19.2. The molecular weight excluding hydrogens is 553 g/mol. The number of carbonyl (C=O) groups is 3. The number of nitrogens with zero attached hydrogens (tertiary/aromatic N) is 2. The summed E-state index contributed by atoms with van der Waals surface area (Å²) < 4.78 is 60.2. The van der Waals surface area contributed by atoms with Crippen molar-refractivity contribution in [3.05, 3.63) is 70.8 Å². The number of rotatable bonds is 8. The fraction of sp³-hybridized carbons (Fsp3) is 0.464. The zero-order chi connectivity index (χ0) is 30.5. The van der Waals surface area contributed by atoms with Crippen molar-refractivity contribution in [1.82, 2.24) is 9.80 Å². The van der Waals surface area contributed by atoms with Crippen LogP contribution in [-0.2, 0) is 16.1 Å². The van der Waals surface area contributed by atoms with Gasteiger partial charge >= 0.3 is 12.1 Å². The first kappa shape index (κ1) is 31.9. The van der Waals surface area contributed by atoms with Gasteiger partial charge in [-0.25, -0.2) is 13.6 Å². The second kappa shape index (κ2) is 13.4. The minimum atomic E-state index is -5.08. The molecule has 2 heterocycles. The molecule has 2 saturated heterocycles. The number of hydrogen-bond acceptors (Lipinski definition) is 5. The smallest absolute Gasteiger partial charge is 0.475 e. The van der Waals surface area contributed by atoms with E-state index < -0.39 is 41.7 Å². The summed E-state index contributed by atoms with van der Waals surface area (Å²) >= 11 is 0. The van der Waals surface area contributed by atoms with Gasteiger partial charge < -0.3 is 20.8 Å². The number of primary amides is 1. The molecule has 224 valence electrons. The summed E-state index contributed by atoms with van der Waals surface area (Å²) in [6.45, 7) is 1.97. The molecule has 4 rings (SSSR count). The highest BCUT2D eigenvalue weighted by Gasteiger charge is 2.41. The molecular formula is C28H32F5N3O5. The summed E-state index contributed by atoms with van der Waals surface area (Å²) in [5.74, 6) is -4.82. The van der Waals surface area contributed by atoms with Crippen molar-refractivity contribution in [1.29, 1.82) is 0 Å². The SMILES string of the molecule is C[C@H](O)C(=O)N(CCN1C2CCC1CC(c1cccc(C(N)=O)c1)C2)Cc1c(F)cccc1F.O=C(O)C(F)(F)F. The Bertz CT molecular complexity index is 1220. The normalized spacial score (nSPS) is 21.0. The number of nitrogens with two attached hydrogens (primary N) is 1. The summed E-state index contributed by atoms with van der Waals surface area (Å²) in [5, 5.41) is 17.0. The van der Waals surface area contributed by atoms with Crippen molar-refractivity contribution < 1.29 is 46.5 Å². The number of alkyl halides is 3. The Hall–Kier alpha value is -3.58. The maximum absolute atomic E-state index is 14.2. The van der Waals surface area contributed by atoms with Gasteiger partial charge in [0.2, 0.25) is 5.91 Å². The van der Waals surface area contributed by atoms with Crippen molar-refractivity contribution in [3.8, 4) is 0 Å². The number of hydrogen-bond donors (Lipinski definition) is 3. The molecule has 0 aliphatic carbocycles. The van der Waals surface area contributed by atoms with Gasteiger partial charge in [0.05, 0.1) is 6.54 Å². The van der Waals surface area contributed by atoms with E-state index in [9.17, 15) is 36.6 Å². The number of fused-ring (bicyclic) bond motifs is 2. The van der Waals surface area contributed by atoms with Gasteiger partial charge in [0.1, 0.15) is 17.7 Å². The van der Waals surface area contributed by atoms with Crippen molar-refractivity contribution >= 4 is 17.8 Å². The molecule has 0 aromatic heterocycles. The van der Waals surface area contributed by atoms with Gasteiger partial charge in [0, 0.05) is 36.3 Å². The van der Waals surface area contributed by atoms with Crippen molar-refractivity contribution in [2.75, 3.05) is 13.1 Å². The molecule has 13 heteroatoms. The minimum Gasteiger partial charge on any atom is -0.475 e. The van der Waals surface area contributed by atoms with Gasteiger partial charge in [0.15, 0.2) is 0 Å². The van der Waals surface area contributed by atoms with E-state index in [4.69, 9.17) is 15.6 Å². The number of carboxylic acids is 1. The number of aliphatic carboxylic acids is 1. The van der Waals surface area contributed by atoms with E-state index in [0.29, 0.717) is 30.1 Å². The number of aliphatic hydroxyl groups is 1. The van der Waals surface area contributed by atoms with Gasteiger partial charge in [0.25, 0.3) is 5.91 Å². The summed E-state index contributed by atoms with van der Waals surface area (Å²) in [6.07, 6.45) is -2.38. The fourth-order valence-electron chi connectivity index (χ4n) is 5.50. The largest absolute Gasteiger partial charge is 0.490 e. The number of amides is 2. The predicted molar refractivity (Wildman–Crippen MR) is 138 cm³/mol. The first-order valence-electron chi connectivity index (χ1n) is 13.0. The zero-order valence-electron chi connectivity index (χ0n) is 22.3. The zero-order valence-corrected chi connectivity index (χ0v) is 22.3. The van der Waals surface area contributed by atoms with E-state index in [1.54, 1.807) is 6.07 Å². The van der Waals surface area contributed by atoms with Crippen LogP contribution < -0.4 is 5.73 Å². The molecule has 0 saturated carbocycles. The van der Waals surface area contributed by atoms with Gasteiger partial charge in [-0.15, -0.1) is 0 Å². The van der Waals surface area contributed by atoms with Crippen LogP contribution in [0.25, 0.3) is 0 Å². The van der Waals surface area contributed by atoms with Crippen LogP contribution in [0.1, 0.15) is 60.0 Å². The number of benzene rings is 2.